The Morgan fingerprint density at radius 2 is 1.76 bits per heavy atom. The molecule has 0 saturated carbocycles. The van der Waals surface area contributed by atoms with Crippen molar-refractivity contribution in [2.24, 2.45) is 0 Å². The largest absolute Gasteiger partial charge is 0.454 e. The fraction of sp³-hybridized carbons (Fsp3) is 0.350. The molecule has 0 spiro atoms. The Bertz CT molecular complexity index is 1030. The van der Waals surface area contributed by atoms with E-state index in [1.165, 1.54) is 16.4 Å². The van der Waals surface area contributed by atoms with Gasteiger partial charge in [0.1, 0.15) is 0 Å². The van der Waals surface area contributed by atoms with Gasteiger partial charge in [0, 0.05) is 30.4 Å². The molecule has 2 atom stereocenters. The first-order valence-corrected chi connectivity index (χ1v) is 10.7. The summed E-state index contributed by atoms with van der Waals surface area (Å²) >= 11 is 0. The number of nitrogens with zero attached hydrogens (tertiary/aromatic N) is 1. The van der Waals surface area contributed by atoms with Crippen LogP contribution in [0.1, 0.15) is 24.2 Å². The molecule has 2 aromatic rings. The summed E-state index contributed by atoms with van der Waals surface area (Å²) < 4.78 is 43.7. The Labute approximate surface area is 169 Å². The summed E-state index contributed by atoms with van der Waals surface area (Å²) in [6, 6.07) is 11.1. The van der Waals surface area contributed by atoms with Gasteiger partial charge in [-0.15, -0.1) is 0 Å². The number of anilines is 1. The minimum Gasteiger partial charge on any atom is -0.454 e. The summed E-state index contributed by atoms with van der Waals surface area (Å²) in [6.45, 7) is 4.38. The number of amides is 1. The quantitative estimate of drug-likeness (QED) is 0.820. The number of hydrogen-bond donors (Lipinski definition) is 1. The van der Waals surface area contributed by atoms with E-state index in [2.05, 4.69) is 5.32 Å². The van der Waals surface area contributed by atoms with Crippen molar-refractivity contribution in [3.63, 3.8) is 0 Å². The highest BCUT2D eigenvalue weighted by Crippen LogP contribution is 2.34. The van der Waals surface area contributed by atoms with E-state index < -0.39 is 15.9 Å². The van der Waals surface area contributed by atoms with E-state index in [0.717, 1.165) is 0 Å². The smallest absolute Gasteiger partial charge is 0.255 e. The lowest BCUT2D eigenvalue weighted by Gasteiger charge is -2.34. The second-order valence-corrected chi connectivity index (χ2v) is 9.07. The molecular weight excluding hydrogens is 396 g/mol. The van der Waals surface area contributed by atoms with Gasteiger partial charge < -0.3 is 19.5 Å². The van der Waals surface area contributed by atoms with Crippen LogP contribution < -0.4 is 14.8 Å². The van der Waals surface area contributed by atoms with Crippen molar-refractivity contribution < 1.29 is 27.4 Å². The molecule has 1 N–H and O–H groups in total. The number of morpholine rings is 1. The van der Waals surface area contributed by atoms with Gasteiger partial charge in [0.15, 0.2) is 11.5 Å². The zero-order valence-corrected chi connectivity index (χ0v) is 16.9. The van der Waals surface area contributed by atoms with E-state index >= 15 is 0 Å². The molecule has 2 aliphatic heterocycles. The average molecular weight is 418 g/mol. The van der Waals surface area contributed by atoms with Gasteiger partial charge in [0.05, 0.1) is 17.1 Å². The summed E-state index contributed by atoms with van der Waals surface area (Å²) in [6.07, 6.45) is -0.378. The van der Waals surface area contributed by atoms with Crippen molar-refractivity contribution in [3.8, 4) is 11.5 Å². The van der Waals surface area contributed by atoms with Gasteiger partial charge in [0.2, 0.25) is 16.8 Å². The molecule has 154 valence electrons. The standard InChI is InChI=1S/C20H22N2O6S/c1-13-10-22(11-14(2)28-13)29(24,25)17-5-3-4-15(8-17)20(23)21-16-6-7-18-19(9-16)27-12-26-18/h3-9,13-14H,10-12H2,1-2H3,(H,21,23)/t13-,14-/m0/s1. The minimum absolute atomic E-state index is 0.0807. The molecule has 0 unspecified atom stereocenters. The number of hydrogen-bond acceptors (Lipinski definition) is 6. The second kappa shape index (κ2) is 7.66. The van der Waals surface area contributed by atoms with Crippen molar-refractivity contribution >= 4 is 21.6 Å². The highest BCUT2D eigenvalue weighted by Gasteiger charge is 2.32. The molecular formula is C20H22N2O6S. The van der Waals surface area contributed by atoms with Gasteiger partial charge in [-0.25, -0.2) is 8.42 Å². The molecule has 4 rings (SSSR count). The van der Waals surface area contributed by atoms with Crippen LogP contribution in [-0.4, -0.2) is 50.7 Å². The Kier molecular flexibility index (Phi) is 5.20. The molecule has 2 aliphatic rings. The average Bonchev–Trinajstić information content (AvgIpc) is 3.15. The van der Waals surface area contributed by atoms with E-state index in [0.29, 0.717) is 17.2 Å². The molecule has 2 aromatic carbocycles. The lowest BCUT2D eigenvalue weighted by molar-refractivity contribution is -0.0440. The van der Waals surface area contributed by atoms with Crippen LogP contribution in [0.2, 0.25) is 0 Å². The van der Waals surface area contributed by atoms with Crippen LogP contribution >= 0.6 is 0 Å². The number of benzene rings is 2. The molecule has 8 nitrogen and oxygen atoms in total. The van der Waals surface area contributed by atoms with E-state index in [1.807, 2.05) is 13.8 Å². The van der Waals surface area contributed by atoms with Gasteiger partial charge >= 0.3 is 0 Å². The molecule has 0 bridgehead atoms. The molecule has 1 saturated heterocycles. The Balaban J connectivity index is 1.54. The third-order valence-corrected chi connectivity index (χ3v) is 6.58. The fourth-order valence-corrected chi connectivity index (χ4v) is 5.09. The summed E-state index contributed by atoms with van der Waals surface area (Å²) in [7, 11) is -3.73. The third-order valence-electron chi connectivity index (χ3n) is 4.75. The predicted molar refractivity (Wildman–Crippen MR) is 106 cm³/mol. The highest BCUT2D eigenvalue weighted by atomic mass is 32.2. The van der Waals surface area contributed by atoms with Crippen molar-refractivity contribution in [3.05, 3.63) is 48.0 Å². The van der Waals surface area contributed by atoms with Crippen molar-refractivity contribution in [1.29, 1.82) is 0 Å². The van der Waals surface area contributed by atoms with Crippen molar-refractivity contribution in [2.75, 3.05) is 25.2 Å². The van der Waals surface area contributed by atoms with E-state index in [9.17, 15) is 13.2 Å². The van der Waals surface area contributed by atoms with Crippen molar-refractivity contribution in [2.45, 2.75) is 31.0 Å². The highest BCUT2D eigenvalue weighted by molar-refractivity contribution is 7.89. The first-order valence-electron chi connectivity index (χ1n) is 9.29. The normalized spacial score (nSPS) is 21.7. The molecule has 0 aliphatic carbocycles. The summed E-state index contributed by atoms with van der Waals surface area (Å²) in [5.41, 5.74) is 0.779. The summed E-state index contributed by atoms with van der Waals surface area (Å²) in [4.78, 5) is 12.7. The number of fused-ring (bicyclic) bond motifs is 1. The Morgan fingerprint density at radius 3 is 2.52 bits per heavy atom. The number of carbonyl (C=O) groups is 1. The van der Waals surface area contributed by atoms with E-state index in [1.54, 1.807) is 30.3 Å². The van der Waals surface area contributed by atoms with Gasteiger partial charge in [-0.1, -0.05) is 6.07 Å². The number of rotatable bonds is 4. The van der Waals surface area contributed by atoms with Crippen LogP contribution in [0.5, 0.6) is 11.5 Å². The number of carbonyl (C=O) groups excluding carboxylic acids is 1. The number of sulfonamides is 1. The van der Waals surface area contributed by atoms with Crippen LogP contribution in [0.25, 0.3) is 0 Å². The molecule has 9 heteroatoms. The van der Waals surface area contributed by atoms with Crippen LogP contribution in [-0.2, 0) is 14.8 Å². The zero-order chi connectivity index (χ0) is 20.6. The molecule has 1 fully saturated rings. The molecule has 1 amide bonds. The SMILES string of the molecule is C[C@H]1CN(S(=O)(=O)c2cccc(C(=O)Nc3ccc4c(c3)OCO4)c2)C[C@H](C)O1. The maximum absolute atomic E-state index is 13.0. The first-order chi connectivity index (χ1) is 13.8. The predicted octanol–water partition coefficient (Wildman–Crippen LogP) is 2.47. The topological polar surface area (TPSA) is 94.2 Å². The number of nitrogens with one attached hydrogen (secondary N) is 1. The van der Waals surface area contributed by atoms with Crippen LogP contribution in [0.15, 0.2) is 47.4 Å². The van der Waals surface area contributed by atoms with Crippen LogP contribution in [0, 0.1) is 0 Å². The molecule has 2 heterocycles. The van der Waals surface area contributed by atoms with Gasteiger partial charge in [-0.3, -0.25) is 4.79 Å². The molecule has 0 radical (unpaired) electrons. The maximum atomic E-state index is 13.0. The summed E-state index contributed by atoms with van der Waals surface area (Å²) in [5.74, 6) is 0.754. The van der Waals surface area contributed by atoms with Crippen LogP contribution in [0.3, 0.4) is 0 Å². The maximum Gasteiger partial charge on any atom is 0.255 e. The fourth-order valence-electron chi connectivity index (χ4n) is 3.45. The van der Waals surface area contributed by atoms with Gasteiger partial charge in [0.25, 0.3) is 5.91 Å². The van der Waals surface area contributed by atoms with Crippen molar-refractivity contribution in [1.82, 2.24) is 4.31 Å². The summed E-state index contributed by atoms with van der Waals surface area (Å²) in [5, 5.41) is 2.76. The Morgan fingerprint density at radius 1 is 1.03 bits per heavy atom. The molecule has 29 heavy (non-hydrogen) atoms. The first kappa shape index (κ1) is 19.7. The van der Waals surface area contributed by atoms with E-state index in [-0.39, 0.29) is 42.5 Å². The second-order valence-electron chi connectivity index (χ2n) is 7.13. The van der Waals surface area contributed by atoms with Gasteiger partial charge in [-0.2, -0.15) is 4.31 Å². The molecule has 0 aromatic heterocycles. The number of ether oxygens (including phenoxy) is 3. The minimum atomic E-state index is -3.73. The van der Waals surface area contributed by atoms with Gasteiger partial charge in [-0.05, 0) is 44.2 Å². The lowest BCUT2D eigenvalue weighted by Crippen LogP contribution is -2.48. The third kappa shape index (κ3) is 4.07. The monoisotopic (exact) mass is 418 g/mol. The Hall–Kier alpha value is -2.62. The van der Waals surface area contributed by atoms with E-state index in [4.69, 9.17) is 14.2 Å². The van der Waals surface area contributed by atoms with Crippen LogP contribution in [0.4, 0.5) is 5.69 Å². The lowest BCUT2D eigenvalue weighted by atomic mass is 10.2. The zero-order valence-electron chi connectivity index (χ0n) is 16.1.